The molecule has 2 aliphatic heterocycles. The number of ether oxygens (including phenoxy) is 2. The van der Waals surface area contributed by atoms with E-state index in [-0.39, 0.29) is 18.0 Å². The molecule has 5 rings (SSSR count). The van der Waals surface area contributed by atoms with Crippen LogP contribution in [0.15, 0.2) is 60.7 Å². The summed E-state index contributed by atoms with van der Waals surface area (Å²) in [6.07, 6.45) is -0.760. The fraction of sp³-hybridized carbons (Fsp3) is 0.286. The summed E-state index contributed by atoms with van der Waals surface area (Å²) in [5.41, 5.74) is 1.64. The van der Waals surface area contributed by atoms with Crippen molar-refractivity contribution in [3.05, 3.63) is 98.6 Å². The lowest BCUT2D eigenvalue weighted by Crippen LogP contribution is -2.59. The second-order valence-corrected chi connectivity index (χ2v) is 9.88. The average Bonchev–Trinajstić information content (AvgIpc) is 3.01. The molecule has 3 aromatic rings. The van der Waals surface area contributed by atoms with Gasteiger partial charge < -0.3 is 14.4 Å². The Hall–Kier alpha value is -4.01. The minimum absolute atomic E-state index is 0.119. The molecule has 192 valence electrons. The van der Waals surface area contributed by atoms with Crippen molar-refractivity contribution in [2.24, 2.45) is 0 Å². The summed E-state index contributed by atoms with van der Waals surface area (Å²) in [5.74, 6) is 0.593. The molecular weight excluding hydrogens is 485 g/mol. The van der Waals surface area contributed by atoms with Crippen LogP contribution in [-0.4, -0.2) is 17.8 Å². The van der Waals surface area contributed by atoms with Crippen LogP contribution in [0.3, 0.4) is 0 Å². The lowest BCUT2D eigenvalue weighted by molar-refractivity contribution is -0.385. The molecule has 1 unspecified atom stereocenters. The van der Waals surface area contributed by atoms with E-state index in [0.717, 1.165) is 28.9 Å². The molecule has 0 saturated carbocycles. The van der Waals surface area contributed by atoms with Gasteiger partial charge in [-0.3, -0.25) is 10.1 Å². The van der Waals surface area contributed by atoms with Crippen LogP contribution in [0.25, 0.3) is 6.08 Å². The summed E-state index contributed by atoms with van der Waals surface area (Å²) in [5, 5.41) is 11.4. The lowest BCUT2D eigenvalue weighted by Gasteiger charge is -2.47. The van der Waals surface area contributed by atoms with Crippen molar-refractivity contribution in [2.45, 2.75) is 44.6 Å². The number of non-ortho nitro benzene ring substituents is 1. The molecule has 0 saturated heterocycles. The number of hydrogen-bond acceptors (Lipinski definition) is 5. The van der Waals surface area contributed by atoms with E-state index in [2.05, 4.69) is 6.07 Å². The Morgan fingerprint density at radius 3 is 2.41 bits per heavy atom. The highest BCUT2D eigenvalue weighted by Gasteiger charge is 2.59. The monoisotopic (exact) mass is 510 g/mol. The third-order valence-electron chi connectivity index (χ3n) is 7.28. The number of methoxy groups -OCH3 is 1. The van der Waals surface area contributed by atoms with Crippen LogP contribution < -0.4 is 14.4 Å². The minimum atomic E-state index is -4.42. The average molecular weight is 511 g/mol. The summed E-state index contributed by atoms with van der Waals surface area (Å²) >= 11 is 0. The summed E-state index contributed by atoms with van der Waals surface area (Å²) in [6.45, 7) is 6.36. The smallest absolute Gasteiger partial charge is 0.416 e. The number of nitrogens with zero attached hydrogens (tertiary/aromatic N) is 2. The number of hydrogen-bond donors (Lipinski definition) is 0. The van der Waals surface area contributed by atoms with Crippen molar-refractivity contribution in [1.29, 1.82) is 0 Å². The van der Waals surface area contributed by atoms with Crippen molar-refractivity contribution < 1.29 is 27.6 Å². The van der Waals surface area contributed by atoms with Gasteiger partial charge in [-0.2, -0.15) is 13.2 Å². The molecule has 0 aliphatic carbocycles. The fourth-order valence-corrected chi connectivity index (χ4v) is 5.25. The number of nitro groups is 1. The quantitative estimate of drug-likeness (QED) is 0.279. The summed E-state index contributed by atoms with van der Waals surface area (Å²) in [4.78, 5) is 13.0. The van der Waals surface area contributed by atoms with E-state index in [4.69, 9.17) is 9.47 Å². The number of fused-ring (bicyclic) bond motifs is 2. The topological polar surface area (TPSA) is 64.8 Å². The number of nitro benzene ring substituents is 1. The van der Waals surface area contributed by atoms with E-state index >= 15 is 0 Å². The van der Waals surface area contributed by atoms with Gasteiger partial charge in [-0.05, 0) is 62.2 Å². The predicted octanol–water partition coefficient (Wildman–Crippen LogP) is 7.03. The number of alkyl halides is 3. The van der Waals surface area contributed by atoms with E-state index in [9.17, 15) is 23.3 Å². The highest BCUT2D eigenvalue weighted by atomic mass is 19.4. The molecule has 0 amide bonds. The van der Waals surface area contributed by atoms with Crippen LogP contribution >= 0.6 is 0 Å². The van der Waals surface area contributed by atoms with E-state index in [1.807, 2.05) is 43.9 Å². The van der Waals surface area contributed by atoms with Crippen LogP contribution in [0.4, 0.5) is 24.5 Å². The van der Waals surface area contributed by atoms with Crippen LogP contribution in [0.2, 0.25) is 0 Å². The van der Waals surface area contributed by atoms with E-state index in [0.29, 0.717) is 16.9 Å². The number of anilines is 1. The Morgan fingerprint density at radius 2 is 1.78 bits per heavy atom. The molecule has 2 aliphatic rings. The van der Waals surface area contributed by atoms with Gasteiger partial charge in [0.05, 0.1) is 29.1 Å². The van der Waals surface area contributed by atoms with Gasteiger partial charge in [0.25, 0.3) is 5.69 Å². The molecule has 37 heavy (non-hydrogen) atoms. The minimum Gasteiger partial charge on any atom is -0.493 e. The van der Waals surface area contributed by atoms with Gasteiger partial charge in [-0.15, -0.1) is 0 Å². The molecule has 2 heterocycles. The Labute approximate surface area is 212 Å². The summed E-state index contributed by atoms with van der Waals surface area (Å²) in [7, 11) is 1.42. The van der Waals surface area contributed by atoms with Crippen LogP contribution in [-0.2, 0) is 18.1 Å². The molecule has 0 aromatic heterocycles. The third kappa shape index (κ3) is 3.80. The van der Waals surface area contributed by atoms with E-state index in [1.165, 1.54) is 31.4 Å². The normalized spacial score (nSPS) is 19.4. The molecule has 0 fully saturated rings. The largest absolute Gasteiger partial charge is 0.493 e. The van der Waals surface area contributed by atoms with Crippen LogP contribution in [0.5, 0.6) is 11.5 Å². The molecule has 6 nitrogen and oxygen atoms in total. The first kappa shape index (κ1) is 24.7. The van der Waals surface area contributed by atoms with Gasteiger partial charge in [-0.1, -0.05) is 29.8 Å². The molecular formula is C28H25F3N2O4. The first-order valence-electron chi connectivity index (χ1n) is 11.7. The van der Waals surface area contributed by atoms with Gasteiger partial charge in [0.15, 0.2) is 11.5 Å². The number of halogens is 3. The second-order valence-electron chi connectivity index (χ2n) is 9.88. The van der Waals surface area contributed by atoms with Gasteiger partial charge >= 0.3 is 6.18 Å². The maximum atomic E-state index is 13.1. The number of rotatable bonds is 4. The van der Waals surface area contributed by atoms with Crippen LogP contribution in [0.1, 0.15) is 41.7 Å². The number of benzene rings is 3. The zero-order valence-corrected chi connectivity index (χ0v) is 20.7. The molecule has 0 radical (unpaired) electrons. The Bertz CT molecular complexity index is 1430. The van der Waals surface area contributed by atoms with Gasteiger partial charge in [0, 0.05) is 23.9 Å². The van der Waals surface area contributed by atoms with E-state index in [1.54, 1.807) is 6.08 Å². The Balaban J connectivity index is 1.65. The highest BCUT2D eigenvalue weighted by molar-refractivity contribution is 5.75. The van der Waals surface area contributed by atoms with Crippen molar-refractivity contribution in [3.8, 4) is 11.5 Å². The molecule has 0 N–H and O–H groups in total. The molecule has 0 bridgehead atoms. The van der Waals surface area contributed by atoms with Crippen molar-refractivity contribution in [3.63, 3.8) is 0 Å². The van der Waals surface area contributed by atoms with Gasteiger partial charge in [-0.25, -0.2) is 0 Å². The number of aryl methyl sites for hydroxylation is 1. The SMILES string of the molecule is COc1cc([N+](=O)[O-])cc2c1OC1(C=C2)N(Cc2ccc(C(F)(F)F)cc2)c2ccc(C)cc2C1(C)C. The van der Waals surface area contributed by atoms with Crippen molar-refractivity contribution >= 4 is 17.5 Å². The third-order valence-corrected chi connectivity index (χ3v) is 7.28. The Kier molecular flexibility index (Phi) is 5.51. The molecule has 9 heteroatoms. The fourth-order valence-electron chi connectivity index (χ4n) is 5.25. The molecule has 1 spiro atoms. The predicted molar refractivity (Wildman–Crippen MR) is 134 cm³/mol. The zero-order valence-electron chi connectivity index (χ0n) is 20.7. The zero-order chi connectivity index (χ0) is 26.8. The van der Waals surface area contributed by atoms with E-state index < -0.39 is 27.8 Å². The summed E-state index contributed by atoms with van der Waals surface area (Å²) < 4.78 is 51.7. The van der Waals surface area contributed by atoms with Gasteiger partial charge in [0.1, 0.15) is 0 Å². The standard InChI is InChI=1S/C28H25F3N2O4/c1-17-5-10-23-22(13-17)26(2,3)27(32(23)16-18-6-8-20(9-7-18)28(29,30)31)12-11-19-14-21(33(34)35)15-24(36-4)25(19)37-27/h5-15H,16H2,1-4H3. The first-order chi connectivity index (χ1) is 17.4. The first-order valence-corrected chi connectivity index (χ1v) is 11.7. The molecule has 1 atom stereocenters. The van der Waals surface area contributed by atoms with Crippen LogP contribution in [0, 0.1) is 17.0 Å². The van der Waals surface area contributed by atoms with Gasteiger partial charge in [0.2, 0.25) is 5.72 Å². The second kappa shape index (κ2) is 8.26. The lowest BCUT2D eigenvalue weighted by atomic mass is 9.76. The maximum absolute atomic E-state index is 13.1. The summed E-state index contributed by atoms with van der Waals surface area (Å²) in [6, 6.07) is 13.9. The maximum Gasteiger partial charge on any atom is 0.416 e. The van der Waals surface area contributed by atoms with Crippen molar-refractivity contribution in [1.82, 2.24) is 0 Å². The Morgan fingerprint density at radius 1 is 1.08 bits per heavy atom. The molecule has 3 aromatic carbocycles. The highest BCUT2D eigenvalue weighted by Crippen LogP contribution is 2.57. The van der Waals surface area contributed by atoms with Crippen molar-refractivity contribution in [2.75, 3.05) is 12.0 Å².